The molecule has 0 radical (unpaired) electrons. The highest BCUT2D eigenvalue weighted by Gasteiger charge is 2.04. The van der Waals surface area contributed by atoms with Crippen LogP contribution in [-0.2, 0) is 20.0 Å². The van der Waals surface area contributed by atoms with E-state index in [0.717, 1.165) is 30.8 Å². The number of hydrogen-bond donors (Lipinski definition) is 1. The third-order valence-corrected chi connectivity index (χ3v) is 3.43. The Bertz CT molecular complexity index is 519. The van der Waals surface area contributed by atoms with Crippen molar-refractivity contribution in [3.8, 4) is 5.75 Å². The van der Waals surface area contributed by atoms with Crippen molar-refractivity contribution >= 4 is 0 Å². The zero-order chi connectivity index (χ0) is 14.4. The van der Waals surface area contributed by atoms with Gasteiger partial charge in [-0.05, 0) is 43.5 Å². The maximum Gasteiger partial charge on any atom is 0.118 e. The third kappa shape index (κ3) is 4.38. The normalized spacial score (nSPS) is 12.3. The van der Waals surface area contributed by atoms with Crippen LogP contribution in [0, 0.1) is 0 Å². The van der Waals surface area contributed by atoms with E-state index in [1.54, 1.807) is 7.11 Å². The zero-order valence-electron chi connectivity index (χ0n) is 12.5. The third-order valence-electron chi connectivity index (χ3n) is 3.43. The standard InChI is InChI=1S/C16H23N3O/c1-13(17-12-15-10-11-19(2)18-15)4-5-14-6-8-16(20-3)9-7-14/h6-11,13,17H,4-5,12H2,1-3H3. The van der Waals surface area contributed by atoms with Crippen LogP contribution in [0.3, 0.4) is 0 Å². The predicted molar refractivity (Wildman–Crippen MR) is 80.8 cm³/mol. The van der Waals surface area contributed by atoms with Crippen LogP contribution in [0.5, 0.6) is 5.75 Å². The highest BCUT2D eigenvalue weighted by atomic mass is 16.5. The molecule has 1 heterocycles. The molecule has 0 aliphatic carbocycles. The Labute approximate surface area is 120 Å². The molecule has 0 saturated carbocycles. The van der Waals surface area contributed by atoms with Gasteiger partial charge in [0.25, 0.3) is 0 Å². The van der Waals surface area contributed by atoms with Crippen molar-refractivity contribution in [2.45, 2.75) is 32.4 Å². The van der Waals surface area contributed by atoms with Gasteiger partial charge in [0.2, 0.25) is 0 Å². The van der Waals surface area contributed by atoms with Crippen molar-refractivity contribution < 1.29 is 4.74 Å². The van der Waals surface area contributed by atoms with Gasteiger partial charge < -0.3 is 10.1 Å². The Kier molecular flexibility index (Phi) is 5.18. The summed E-state index contributed by atoms with van der Waals surface area (Å²) in [5, 5.41) is 7.86. The van der Waals surface area contributed by atoms with Crippen molar-refractivity contribution in [1.82, 2.24) is 15.1 Å². The summed E-state index contributed by atoms with van der Waals surface area (Å²) in [6, 6.07) is 10.8. The summed E-state index contributed by atoms with van der Waals surface area (Å²) >= 11 is 0. The van der Waals surface area contributed by atoms with Crippen LogP contribution in [0.2, 0.25) is 0 Å². The lowest BCUT2D eigenvalue weighted by atomic mass is 10.1. The van der Waals surface area contributed by atoms with E-state index in [9.17, 15) is 0 Å². The first-order valence-corrected chi connectivity index (χ1v) is 7.02. The smallest absolute Gasteiger partial charge is 0.118 e. The number of aryl methyl sites for hydroxylation is 2. The first-order valence-electron chi connectivity index (χ1n) is 7.02. The van der Waals surface area contributed by atoms with Gasteiger partial charge in [0.15, 0.2) is 0 Å². The maximum absolute atomic E-state index is 5.16. The molecule has 0 fully saturated rings. The Morgan fingerprint density at radius 2 is 2.00 bits per heavy atom. The van der Waals surface area contributed by atoms with Crippen molar-refractivity contribution in [1.29, 1.82) is 0 Å². The molecule has 0 aliphatic rings. The molecule has 0 spiro atoms. The van der Waals surface area contributed by atoms with Crippen LogP contribution in [0.25, 0.3) is 0 Å². The molecule has 0 aliphatic heterocycles. The highest BCUT2D eigenvalue weighted by Crippen LogP contribution is 2.13. The maximum atomic E-state index is 5.16. The minimum absolute atomic E-state index is 0.471. The summed E-state index contributed by atoms with van der Waals surface area (Å²) in [6.45, 7) is 3.04. The molecular weight excluding hydrogens is 250 g/mol. The molecule has 1 aromatic carbocycles. The largest absolute Gasteiger partial charge is 0.497 e. The van der Waals surface area contributed by atoms with Crippen LogP contribution in [0.1, 0.15) is 24.6 Å². The predicted octanol–water partition coefficient (Wildman–Crippen LogP) is 2.54. The van der Waals surface area contributed by atoms with E-state index in [1.807, 2.05) is 36.1 Å². The molecule has 0 amide bonds. The Balaban J connectivity index is 1.72. The number of hydrogen-bond acceptors (Lipinski definition) is 3. The summed E-state index contributed by atoms with van der Waals surface area (Å²) < 4.78 is 7.00. The van der Waals surface area contributed by atoms with Gasteiger partial charge in [-0.15, -0.1) is 0 Å². The van der Waals surface area contributed by atoms with Crippen LogP contribution in [-0.4, -0.2) is 22.9 Å². The SMILES string of the molecule is COc1ccc(CCC(C)NCc2ccn(C)n2)cc1. The van der Waals surface area contributed by atoms with Crippen molar-refractivity contribution in [3.05, 3.63) is 47.8 Å². The summed E-state index contributed by atoms with van der Waals surface area (Å²) in [7, 11) is 3.63. The minimum Gasteiger partial charge on any atom is -0.497 e. The second-order valence-corrected chi connectivity index (χ2v) is 5.15. The van der Waals surface area contributed by atoms with Gasteiger partial charge in [0, 0.05) is 25.8 Å². The first-order chi connectivity index (χ1) is 9.67. The molecule has 4 heteroatoms. The number of nitrogens with one attached hydrogen (secondary N) is 1. The Morgan fingerprint density at radius 3 is 2.60 bits per heavy atom. The number of benzene rings is 1. The average molecular weight is 273 g/mol. The van der Waals surface area contributed by atoms with Gasteiger partial charge in [0.05, 0.1) is 12.8 Å². The van der Waals surface area contributed by atoms with Gasteiger partial charge in [-0.25, -0.2) is 0 Å². The van der Waals surface area contributed by atoms with E-state index in [0.29, 0.717) is 6.04 Å². The molecule has 0 bridgehead atoms. The lowest BCUT2D eigenvalue weighted by Crippen LogP contribution is -2.26. The highest BCUT2D eigenvalue weighted by molar-refractivity contribution is 5.27. The molecule has 1 aromatic heterocycles. The molecule has 108 valence electrons. The zero-order valence-corrected chi connectivity index (χ0v) is 12.5. The summed E-state index contributed by atoms with van der Waals surface area (Å²) in [5.74, 6) is 0.912. The fourth-order valence-electron chi connectivity index (χ4n) is 2.11. The summed E-state index contributed by atoms with van der Waals surface area (Å²) in [6.07, 6.45) is 4.15. The first kappa shape index (κ1) is 14.6. The van der Waals surface area contributed by atoms with Crippen LogP contribution in [0.4, 0.5) is 0 Å². The van der Waals surface area contributed by atoms with Gasteiger partial charge in [-0.3, -0.25) is 4.68 Å². The fraction of sp³-hybridized carbons (Fsp3) is 0.438. The lowest BCUT2D eigenvalue weighted by molar-refractivity contribution is 0.414. The van der Waals surface area contributed by atoms with Crippen molar-refractivity contribution in [2.75, 3.05) is 7.11 Å². The monoisotopic (exact) mass is 273 g/mol. The van der Waals surface area contributed by atoms with Gasteiger partial charge in [-0.2, -0.15) is 5.10 Å². The van der Waals surface area contributed by atoms with Gasteiger partial charge in [0.1, 0.15) is 5.75 Å². The number of aromatic nitrogens is 2. The minimum atomic E-state index is 0.471. The van der Waals surface area contributed by atoms with Crippen LogP contribution in [0.15, 0.2) is 36.5 Å². The van der Waals surface area contributed by atoms with E-state index in [-0.39, 0.29) is 0 Å². The molecule has 1 unspecified atom stereocenters. The average Bonchev–Trinajstić information content (AvgIpc) is 2.89. The van der Waals surface area contributed by atoms with E-state index in [4.69, 9.17) is 4.74 Å². The second kappa shape index (κ2) is 7.10. The van der Waals surface area contributed by atoms with E-state index in [1.165, 1.54) is 5.56 Å². The molecule has 1 atom stereocenters. The summed E-state index contributed by atoms with van der Waals surface area (Å²) in [5.41, 5.74) is 2.43. The van der Waals surface area contributed by atoms with Gasteiger partial charge in [-0.1, -0.05) is 12.1 Å². The quantitative estimate of drug-likeness (QED) is 0.842. The lowest BCUT2D eigenvalue weighted by Gasteiger charge is -2.13. The van der Waals surface area contributed by atoms with Crippen molar-refractivity contribution in [2.24, 2.45) is 7.05 Å². The second-order valence-electron chi connectivity index (χ2n) is 5.15. The Hall–Kier alpha value is -1.81. The molecule has 1 N–H and O–H groups in total. The molecule has 20 heavy (non-hydrogen) atoms. The topological polar surface area (TPSA) is 39.1 Å². The Morgan fingerprint density at radius 1 is 1.25 bits per heavy atom. The van der Waals surface area contributed by atoms with Gasteiger partial charge >= 0.3 is 0 Å². The fourth-order valence-corrected chi connectivity index (χ4v) is 2.11. The van der Waals surface area contributed by atoms with E-state index < -0.39 is 0 Å². The molecule has 0 saturated heterocycles. The molecular formula is C16H23N3O. The molecule has 2 rings (SSSR count). The molecule has 2 aromatic rings. The van der Waals surface area contributed by atoms with Crippen molar-refractivity contribution in [3.63, 3.8) is 0 Å². The molecule has 4 nitrogen and oxygen atoms in total. The van der Waals surface area contributed by atoms with Crippen LogP contribution < -0.4 is 10.1 Å². The van der Waals surface area contributed by atoms with E-state index in [2.05, 4.69) is 29.5 Å². The van der Waals surface area contributed by atoms with Crippen LogP contribution >= 0.6 is 0 Å². The number of ether oxygens (including phenoxy) is 1. The number of nitrogens with zero attached hydrogens (tertiary/aromatic N) is 2. The number of rotatable bonds is 7. The number of methoxy groups -OCH3 is 1. The van der Waals surface area contributed by atoms with E-state index >= 15 is 0 Å². The summed E-state index contributed by atoms with van der Waals surface area (Å²) in [4.78, 5) is 0.